The fourth-order valence-electron chi connectivity index (χ4n) is 5.31. The second-order valence-electron chi connectivity index (χ2n) is 12.2. The van der Waals surface area contributed by atoms with E-state index in [0.29, 0.717) is 5.56 Å². The molecule has 1 radical (unpaired) electrons. The van der Waals surface area contributed by atoms with Crippen molar-refractivity contribution in [2.75, 3.05) is 5.32 Å². The van der Waals surface area contributed by atoms with Crippen molar-refractivity contribution >= 4 is 44.2 Å². The van der Waals surface area contributed by atoms with Gasteiger partial charge in [-0.25, -0.2) is 0 Å². The van der Waals surface area contributed by atoms with Crippen LogP contribution in [0, 0.1) is 12.3 Å². The molecule has 0 atom stereocenters. The number of alkyl halides is 3. The summed E-state index contributed by atoms with van der Waals surface area (Å²) in [5, 5.41) is 6.33. The Labute approximate surface area is 238 Å². The van der Waals surface area contributed by atoms with Gasteiger partial charge in [0, 0.05) is 0 Å². The van der Waals surface area contributed by atoms with Crippen molar-refractivity contribution in [2.24, 2.45) is 12.5 Å². The van der Waals surface area contributed by atoms with Gasteiger partial charge in [-0.2, -0.15) is 0 Å². The van der Waals surface area contributed by atoms with E-state index in [4.69, 9.17) is 0 Å². The van der Waals surface area contributed by atoms with E-state index in [1.54, 1.807) is 0 Å². The van der Waals surface area contributed by atoms with E-state index in [1.165, 1.54) is 54.3 Å². The van der Waals surface area contributed by atoms with E-state index in [9.17, 15) is 13.2 Å². The van der Waals surface area contributed by atoms with Gasteiger partial charge in [0.2, 0.25) is 0 Å². The zero-order chi connectivity index (χ0) is 28.3. The number of halogens is 3. The average molecular weight is 644 g/mol. The van der Waals surface area contributed by atoms with Crippen molar-refractivity contribution < 1.29 is 17.7 Å². The maximum atomic E-state index is 13.4. The van der Waals surface area contributed by atoms with Gasteiger partial charge in [-0.3, -0.25) is 0 Å². The zero-order valence-electron chi connectivity index (χ0n) is 23.5. The molecule has 0 saturated carbocycles. The predicted octanol–water partition coefficient (Wildman–Crippen LogP) is 7.00. The molecule has 39 heavy (non-hydrogen) atoms. The Morgan fingerprint density at radius 1 is 0.872 bits per heavy atom. The van der Waals surface area contributed by atoms with E-state index >= 15 is 0 Å². The molecule has 0 saturated heterocycles. The van der Waals surface area contributed by atoms with Crippen LogP contribution in [0.25, 0.3) is 22.0 Å². The topological polar surface area (TPSA) is 15.9 Å². The number of nitrogens with zero attached hydrogens (tertiary/aromatic N) is 1. The number of hydrogen-bond acceptors (Lipinski definition) is 1. The van der Waals surface area contributed by atoms with Crippen LogP contribution in [0.15, 0.2) is 66.9 Å². The minimum atomic E-state index is -4.23. The number of hydrogen-bond donors (Lipinski definition) is 1. The zero-order valence-corrected chi connectivity index (χ0v) is 25.9. The SMILES string of the molecule is Cc1c(-c2c3c(cc[n+]2C)[Te]=C(c2ccc(CC(C)(C)C(F)(F)F)cc2)N3)cc(C(C)(C)C)c2ccccc12. The summed E-state index contributed by atoms with van der Waals surface area (Å²) in [4.78, 5) is 0. The van der Waals surface area contributed by atoms with Crippen molar-refractivity contribution in [3.05, 3.63) is 89.1 Å². The molecule has 0 fully saturated rings. The molecule has 2 heterocycles. The molecule has 1 aliphatic heterocycles. The Kier molecular flexibility index (Phi) is 6.97. The summed E-state index contributed by atoms with van der Waals surface area (Å²) in [7, 11) is 2.10. The maximum absolute atomic E-state index is 13.4. The molecule has 3 aromatic carbocycles. The molecule has 2 nitrogen and oxygen atoms in total. The summed E-state index contributed by atoms with van der Waals surface area (Å²) in [5.41, 5.74) is 6.12. The van der Waals surface area contributed by atoms with Crippen LogP contribution in [-0.2, 0) is 18.9 Å². The Morgan fingerprint density at radius 3 is 2.13 bits per heavy atom. The summed E-state index contributed by atoms with van der Waals surface area (Å²) >= 11 is -0.684. The number of benzene rings is 3. The molecule has 203 valence electrons. The summed E-state index contributed by atoms with van der Waals surface area (Å²) in [6.45, 7) is 11.5. The Balaban J connectivity index is 1.54. The van der Waals surface area contributed by atoms with Gasteiger partial charge in [-0.1, -0.05) is 0 Å². The monoisotopic (exact) mass is 646 g/mol. The van der Waals surface area contributed by atoms with Crippen LogP contribution in [0.1, 0.15) is 56.9 Å². The third kappa shape index (κ3) is 5.14. The Bertz CT molecular complexity index is 1610. The first-order chi connectivity index (χ1) is 18.2. The third-order valence-electron chi connectivity index (χ3n) is 7.74. The number of nitrogens with one attached hydrogen (secondary N) is 1. The van der Waals surface area contributed by atoms with Crippen LogP contribution >= 0.6 is 0 Å². The van der Waals surface area contributed by atoms with Gasteiger partial charge in [0.15, 0.2) is 0 Å². The first kappa shape index (κ1) is 27.9. The Hall–Kier alpha value is -2.68. The van der Waals surface area contributed by atoms with E-state index in [-0.39, 0.29) is 11.8 Å². The molecule has 0 aliphatic carbocycles. The number of anilines is 1. The van der Waals surface area contributed by atoms with E-state index < -0.39 is 32.0 Å². The molecule has 0 spiro atoms. The Morgan fingerprint density at radius 2 is 1.51 bits per heavy atom. The normalized spacial score (nSPS) is 13.8. The molecular weight excluding hydrogens is 609 g/mol. The van der Waals surface area contributed by atoms with Crippen LogP contribution in [-0.4, -0.2) is 30.3 Å². The molecule has 0 amide bonds. The summed E-state index contributed by atoms with van der Waals surface area (Å²) in [6.07, 6.45) is -2.12. The molecule has 1 aliphatic rings. The van der Waals surface area contributed by atoms with Crippen molar-refractivity contribution in [3.8, 4) is 11.3 Å². The van der Waals surface area contributed by atoms with Crippen molar-refractivity contribution in [1.82, 2.24) is 0 Å². The number of pyridine rings is 1. The standard InChI is InChI=1S/C33H34F3N2Te/c1-20-23-10-8-9-11-24(23)26(31(2,3)4)18-25(20)29-28-27(16-17-38(29)7)39-30(37-28)22-14-12-21(13-15-22)19-32(5,6)33(34,35)36/h8-18H,19H2,1-7H3/p+1. The quantitative estimate of drug-likeness (QED) is 0.187. The van der Waals surface area contributed by atoms with Gasteiger partial charge in [0.05, 0.1) is 0 Å². The summed E-state index contributed by atoms with van der Waals surface area (Å²) in [5.74, 6) is 0. The first-order valence-corrected chi connectivity index (χ1v) is 15.5. The fourth-order valence-corrected chi connectivity index (χ4v) is 8.18. The van der Waals surface area contributed by atoms with Gasteiger partial charge in [0.25, 0.3) is 0 Å². The van der Waals surface area contributed by atoms with E-state index in [2.05, 4.69) is 87.2 Å². The molecular formula is C33H35F3N2Te+. The van der Waals surface area contributed by atoms with Crippen LogP contribution in [0.5, 0.6) is 0 Å². The minimum absolute atomic E-state index is 0.0140. The van der Waals surface area contributed by atoms with E-state index in [1.807, 2.05) is 24.3 Å². The van der Waals surface area contributed by atoms with Gasteiger partial charge in [0.1, 0.15) is 0 Å². The second kappa shape index (κ2) is 9.75. The third-order valence-corrected chi connectivity index (χ3v) is 10.9. The van der Waals surface area contributed by atoms with Gasteiger partial charge < -0.3 is 0 Å². The van der Waals surface area contributed by atoms with Gasteiger partial charge in [-0.15, -0.1) is 0 Å². The molecule has 0 unspecified atom stereocenters. The molecule has 6 heteroatoms. The van der Waals surface area contributed by atoms with Crippen molar-refractivity contribution in [1.29, 1.82) is 0 Å². The average Bonchev–Trinajstić information content (AvgIpc) is 3.28. The van der Waals surface area contributed by atoms with Crippen LogP contribution in [0.3, 0.4) is 0 Å². The molecule has 4 aromatic rings. The number of aromatic nitrogens is 1. The summed E-state index contributed by atoms with van der Waals surface area (Å²) < 4.78 is 44.9. The van der Waals surface area contributed by atoms with Crippen LogP contribution in [0.2, 0.25) is 0 Å². The number of rotatable bonds is 4. The number of aryl methyl sites for hydroxylation is 2. The van der Waals surface area contributed by atoms with Crippen LogP contribution < -0.4 is 13.5 Å². The summed E-state index contributed by atoms with van der Waals surface area (Å²) in [6, 6.07) is 20.9. The van der Waals surface area contributed by atoms with Crippen molar-refractivity contribution in [2.45, 2.75) is 59.6 Å². The predicted molar refractivity (Wildman–Crippen MR) is 157 cm³/mol. The van der Waals surface area contributed by atoms with Gasteiger partial charge >= 0.3 is 240 Å². The van der Waals surface area contributed by atoms with E-state index in [0.717, 1.165) is 11.3 Å². The molecule has 1 aromatic heterocycles. The van der Waals surface area contributed by atoms with Gasteiger partial charge in [-0.05, 0) is 0 Å². The van der Waals surface area contributed by atoms with Crippen molar-refractivity contribution in [3.63, 3.8) is 0 Å². The molecule has 0 bridgehead atoms. The molecule has 1 N–H and O–H groups in total. The van der Waals surface area contributed by atoms with Crippen LogP contribution in [0.4, 0.5) is 18.9 Å². The fraction of sp³-hybridized carbons (Fsp3) is 0.333. The first-order valence-electron chi connectivity index (χ1n) is 13.2. The second-order valence-corrected chi connectivity index (χ2v) is 15.2. The number of fused-ring (bicyclic) bond motifs is 2. The molecule has 5 rings (SSSR count).